The number of ketones is 1. The van der Waals surface area contributed by atoms with Crippen molar-refractivity contribution in [2.75, 3.05) is 4.90 Å². The van der Waals surface area contributed by atoms with Crippen LogP contribution < -0.4 is 15.4 Å². The largest absolute Gasteiger partial charge is 0.426 e. The molecule has 1 unspecified atom stereocenters. The number of urea groups is 1. The fourth-order valence-corrected chi connectivity index (χ4v) is 3.59. The number of nitrogens with zero attached hydrogens (tertiary/aromatic N) is 1. The quantitative estimate of drug-likeness (QED) is 0.502. The zero-order valence-corrected chi connectivity index (χ0v) is 14.4. The summed E-state index contributed by atoms with van der Waals surface area (Å²) >= 11 is 6.99. The first kappa shape index (κ1) is 17.1. The molecule has 0 radical (unpaired) electrons. The Labute approximate surface area is 150 Å². The lowest BCUT2D eigenvalue weighted by Crippen LogP contribution is -2.40. The van der Waals surface area contributed by atoms with Gasteiger partial charge in [0.15, 0.2) is 5.78 Å². The Kier molecular flexibility index (Phi) is 4.32. The second kappa shape index (κ2) is 6.30. The predicted octanol–water partition coefficient (Wildman–Crippen LogP) is 2.72. The summed E-state index contributed by atoms with van der Waals surface area (Å²) in [5.74, 6) is -2.81. The van der Waals surface area contributed by atoms with Crippen LogP contribution in [0.3, 0.4) is 0 Å². The van der Waals surface area contributed by atoms with Crippen LogP contribution in [0.2, 0.25) is 5.02 Å². The van der Waals surface area contributed by atoms with Gasteiger partial charge in [-0.15, -0.1) is 11.3 Å². The van der Waals surface area contributed by atoms with Gasteiger partial charge in [0.25, 0.3) is 5.91 Å². The fraction of sp³-hybridized carbons (Fsp3) is 0.125. The van der Waals surface area contributed by atoms with Gasteiger partial charge in [-0.25, -0.2) is 9.69 Å². The molecule has 1 aromatic heterocycles. The smallest absolute Gasteiger partial charge is 0.326 e. The Morgan fingerprint density at radius 1 is 1.28 bits per heavy atom. The second-order valence-electron chi connectivity index (χ2n) is 5.25. The number of halogens is 1. The van der Waals surface area contributed by atoms with Crippen molar-refractivity contribution < 1.29 is 23.9 Å². The summed E-state index contributed by atoms with van der Waals surface area (Å²) in [7, 11) is 0. The molecule has 0 fully saturated rings. The minimum absolute atomic E-state index is 0.212. The van der Waals surface area contributed by atoms with Crippen LogP contribution in [0.5, 0.6) is 5.75 Å². The Morgan fingerprint density at radius 3 is 2.64 bits per heavy atom. The molecule has 25 heavy (non-hydrogen) atoms. The lowest BCUT2D eigenvalue weighted by Gasteiger charge is -2.12. The molecule has 1 atom stereocenters. The van der Waals surface area contributed by atoms with Crippen LogP contribution in [0, 0.1) is 0 Å². The highest BCUT2D eigenvalue weighted by Gasteiger charge is 2.44. The van der Waals surface area contributed by atoms with Gasteiger partial charge >= 0.3 is 12.0 Å². The molecule has 2 N–H and O–H groups in total. The molecule has 3 amide bonds. The number of rotatable bonds is 3. The summed E-state index contributed by atoms with van der Waals surface area (Å²) in [5.41, 5.74) is 5.81. The number of esters is 1. The Morgan fingerprint density at radius 2 is 2.00 bits per heavy atom. The molecule has 2 heterocycles. The molecule has 0 saturated heterocycles. The minimum Gasteiger partial charge on any atom is -0.426 e. The SMILES string of the molecule is CC(=O)Oc1csc(C(=O)C2C(=O)N(C(N)=O)c3ccc(Cl)cc32)c1. The first-order valence-electron chi connectivity index (χ1n) is 7.03. The van der Waals surface area contributed by atoms with E-state index in [1.54, 1.807) is 0 Å². The van der Waals surface area contributed by atoms with Gasteiger partial charge in [-0.05, 0) is 23.8 Å². The molecule has 7 nitrogen and oxygen atoms in total. The van der Waals surface area contributed by atoms with E-state index in [0.717, 1.165) is 16.2 Å². The number of primary amides is 1. The van der Waals surface area contributed by atoms with E-state index in [0.29, 0.717) is 10.6 Å². The third kappa shape index (κ3) is 3.01. The van der Waals surface area contributed by atoms with Crippen LogP contribution in [0.1, 0.15) is 28.1 Å². The molecule has 2 aromatic rings. The molecule has 0 aliphatic carbocycles. The maximum absolute atomic E-state index is 12.8. The number of carbonyl (C=O) groups is 4. The van der Waals surface area contributed by atoms with Crippen LogP contribution in [0.4, 0.5) is 10.5 Å². The normalized spacial score (nSPS) is 15.8. The summed E-state index contributed by atoms with van der Waals surface area (Å²) in [5, 5.41) is 1.81. The molecule has 1 aromatic carbocycles. The van der Waals surface area contributed by atoms with Crippen LogP contribution in [0.25, 0.3) is 0 Å². The third-order valence-corrected chi connectivity index (χ3v) is 4.73. The molecular weight excluding hydrogens is 368 g/mol. The van der Waals surface area contributed by atoms with Crippen molar-refractivity contribution in [2.45, 2.75) is 12.8 Å². The molecule has 1 aliphatic heterocycles. The molecule has 3 rings (SSSR count). The summed E-state index contributed by atoms with van der Waals surface area (Å²) in [4.78, 5) is 49.0. The van der Waals surface area contributed by atoms with E-state index < -0.39 is 29.6 Å². The number of amides is 3. The maximum atomic E-state index is 12.8. The highest BCUT2D eigenvalue weighted by atomic mass is 35.5. The number of Topliss-reactive ketones (excluding diaryl/α,β-unsaturated/α-hetero) is 1. The molecule has 128 valence electrons. The number of carbonyl (C=O) groups excluding carboxylic acids is 4. The van der Waals surface area contributed by atoms with Gasteiger partial charge in [-0.3, -0.25) is 14.4 Å². The van der Waals surface area contributed by atoms with Crippen molar-refractivity contribution in [3.8, 4) is 5.75 Å². The number of imide groups is 1. The number of ether oxygens (including phenoxy) is 1. The monoisotopic (exact) mass is 378 g/mol. The molecular formula is C16H11ClN2O5S. The zero-order chi connectivity index (χ0) is 18.3. The maximum Gasteiger partial charge on any atom is 0.326 e. The Hall–Kier alpha value is -2.71. The van der Waals surface area contributed by atoms with Crippen molar-refractivity contribution in [3.05, 3.63) is 45.1 Å². The number of benzene rings is 1. The molecule has 9 heteroatoms. The highest BCUT2D eigenvalue weighted by Crippen LogP contribution is 2.41. The van der Waals surface area contributed by atoms with E-state index in [-0.39, 0.29) is 16.3 Å². The highest BCUT2D eigenvalue weighted by molar-refractivity contribution is 7.12. The number of hydrogen-bond acceptors (Lipinski definition) is 6. The lowest BCUT2D eigenvalue weighted by atomic mass is 9.95. The zero-order valence-electron chi connectivity index (χ0n) is 12.8. The first-order valence-corrected chi connectivity index (χ1v) is 8.29. The van der Waals surface area contributed by atoms with Crippen molar-refractivity contribution in [3.63, 3.8) is 0 Å². The minimum atomic E-state index is -1.23. The van der Waals surface area contributed by atoms with Gasteiger partial charge in [-0.2, -0.15) is 0 Å². The summed E-state index contributed by atoms with van der Waals surface area (Å²) in [6.07, 6.45) is 0. The number of anilines is 1. The van der Waals surface area contributed by atoms with Gasteiger partial charge in [-0.1, -0.05) is 11.6 Å². The van der Waals surface area contributed by atoms with Crippen LogP contribution in [-0.2, 0) is 9.59 Å². The van der Waals surface area contributed by atoms with Crippen molar-refractivity contribution >= 4 is 52.3 Å². The van der Waals surface area contributed by atoms with Crippen LogP contribution >= 0.6 is 22.9 Å². The molecule has 0 saturated carbocycles. The average Bonchev–Trinajstić information content (AvgIpc) is 3.07. The molecule has 0 spiro atoms. The van der Waals surface area contributed by atoms with Gasteiger partial charge in [0.2, 0.25) is 0 Å². The molecule has 0 bridgehead atoms. The van der Waals surface area contributed by atoms with Crippen LogP contribution in [-0.4, -0.2) is 23.7 Å². The summed E-state index contributed by atoms with van der Waals surface area (Å²) < 4.78 is 4.91. The standard InChI is InChI=1S/C16H11ClN2O5S/c1-7(20)24-9-5-12(25-6-9)14(21)13-10-4-8(17)2-3-11(10)19(15(13)22)16(18)23/h2-6,13H,1H3,(H2,18,23). The van der Waals surface area contributed by atoms with E-state index in [4.69, 9.17) is 22.1 Å². The van der Waals surface area contributed by atoms with E-state index in [1.807, 2.05) is 0 Å². The van der Waals surface area contributed by atoms with Gasteiger partial charge < -0.3 is 10.5 Å². The predicted molar refractivity (Wildman–Crippen MR) is 91.2 cm³/mol. The van der Waals surface area contributed by atoms with Gasteiger partial charge in [0, 0.05) is 23.4 Å². The van der Waals surface area contributed by atoms with Gasteiger partial charge in [0.05, 0.1) is 10.6 Å². The van der Waals surface area contributed by atoms with E-state index in [9.17, 15) is 19.2 Å². The van der Waals surface area contributed by atoms with Crippen molar-refractivity contribution in [2.24, 2.45) is 5.73 Å². The van der Waals surface area contributed by atoms with Crippen molar-refractivity contribution in [1.82, 2.24) is 0 Å². The van der Waals surface area contributed by atoms with E-state index in [1.165, 1.54) is 36.6 Å². The van der Waals surface area contributed by atoms with E-state index in [2.05, 4.69) is 0 Å². The molecule has 1 aliphatic rings. The summed E-state index contributed by atoms with van der Waals surface area (Å²) in [6.45, 7) is 1.24. The van der Waals surface area contributed by atoms with Crippen LogP contribution in [0.15, 0.2) is 29.6 Å². The number of fused-ring (bicyclic) bond motifs is 1. The van der Waals surface area contributed by atoms with E-state index >= 15 is 0 Å². The van der Waals surface area contributed by atoms with Crippen molar-refractivity contribution in [1.29, 1.82) is 0 Å². The third-order valence-electron chi connectivity index (χ3n) is 3.57. The topological polar surface area (TPSA) is 107 Å². The number of hydrogen-bond donors (Lipinski definition) is 1. The Bertz CT molecular complexity index is 923. The van der Waals surface area contributed by atoms with Gasteiger partial charge in [0.1, 0.15) is 11.7 Å². The average molecular weight is 379 g/mol. The second-order valence-corrected chi connectivity index (χ2v) is 6.60. The number of thiophene rings is 1. The summed E-state index contributed by atoms with van der Waals surface area (Å²) in [6, 6.07) is 4.82. The fourth-order valence-electron chi connectivity index (χ4n) is 2.63. The first-order chi connectivity index (χ1) is 11.8. The Balaban J connectivity index is 2.02. The lowest BCUT2D eigenvalue weighted by molar-refractivity contribution is -0.131. The number of nitrogens with two attached hydrogens (primary N) is 1.